The van der Waals surface area contributed by atoms with E-state index >= 15 is 0 Å². The first kappa shape index (κ1) is 16.5. The van der Waals surface area contributed by atoms with Crippen molar-refractivity contribution >= 4 is 38.7 Å². The lowest BCUT2D eigenvalue weighted by Crippen LogP contribution is -1.87. The number of halogens is 1. The molecule has 26 heavy (non-hydrogen) atoms. The molecule has 0 atom stereocenters. The van der Waals surface area contributed by atoms with Gasteiger partial charge in [0, 0.05) is 28.5 Å². The SMILES string of the molecule is Oc1[nH]c2cc(Br)ccc2c1C=Nc1ccc(Cc2ccncc2)cc1. The lowest BCUT2D eigenvalue weighted by atomic mass is 10.1. The molecule has 4 rings (SSSR count). The number of H-pyrrole nitrogens is 1. The van der Waals surface area contributed by atoms with Crippen molar-refractivity contribution in [1.82, 2.24) is 9.97 Å². The number of nitrogens with zero attached hydrogens (tertiary/aromatic N) is 2. The summed E-state index contributed by atoms with van der Waals surface area (Å²) < 4.78 is 0.958. The molecule has 0 saturated heterocycles. The van der Waals surface area contributed by atoms with Crippen LogP contribution in [0, 0.1) is 0 Å². The summed E-state index contributed by atoms with van der Waals surface area (Å²) in [5, 5.41) is 11.1. The van der Waals surface area contributed by atoms with Crippen LogP contribution in [0.2, 0.25) is 0 Å². The Balaban J connectivity index is 1.55. The van der Waals surface area contributed by atoms with E-state index in [2.05, 4.69) is 43.0 Å². The van der Waals surface area contributed by atoms with Crippen molar-refractivity contribution in [2.45, 2.75) is 6.42 Å². The van der Waals surface area contributed by atoms with E-state index in [0.717, 1.165) is 27.5 Å². The molecular formula is C21H16BrN3O. The zero-order chi connectivity index (χ0) is 17.9. The lowest BCUT2D eigenvalue weighted by molar-refractivity contribution is 0.457. The van der Waals surface area contributed by atoms with Crippen molar-refractivity contribution in [2.75, 3.05) is 0 Å². The Labute approximate surface area is 159 Å². The van der Waals surface area contributed by atoms with Crippen LogP contribution in [-0.2, 0) is 6.42 Å². The number of aromatic nitrogens is 2. The van der Waals surface area contributed by atoms with Gasteiger partial charge in [-0.05, 0) is 53.9 Å². The van der Waals surface area contributed by atoms with E-state index < -0.39 is 0 Å². The maximum atomic E-state index is 10.1. The maximum Gasteiger partial charge on any atom is 0.198 e. The third kappa shape index (κ3) is 3.53. The van der Waals surface area contributed by atoms with Crippen LogP contribution in [0.4, 0.5) is 5.69 Å². The van der Waals surface area contributed by atoms with Gasteiger partial charge in [-0.3, -0.25) is 9.98 Å². The van der Waals surface area contributed by atoms with Gasteiger partial charge in [-0.15, -0.1) is 0 Å². The monoisotopic (exact) mass is 405 g/mol. The summed E-state index contributed by atoms with van der Waals surface area (Å²) >= 11 is 3.43. The number of nitrogens with one attached hydrogen (secondary N) is 1. The van der Waals surface area contributed by atoms with Crippen LogP contribution in [0.25, 0.3) is 10.9 Å². The van der Waals surface area contributed by atoms with Crippen LogP contribution < -0.4 is 0 Å². The molecule has 0 bridgehead atoms. The standard InChI is InChI=1S/C21H16BrN3O/c22-16-3-6-18-19(21(26)25-20(18)12-16)13-24-17-4-1-14(2-5-17)11-15-7-9-23-10-8-15/h1-10,12-13,25-26H,11H2. The topological polar surface area (TPSA) is 61.3 Å². The van der Waals surface area contributed by atoms with Crippen molar-refractivity contribution in [3.63, 3.8) is 0 Å². The van der Waals surface area contributed by atoms with E-state index in [9.17, 15) is 5.11 Å². The summed E-state index contributed by atoms with van der Waals surface area (Å²) in [6.45, 7) is 0. The smallest absolute Gasteiger partial charge is 0.198 e. The van der Waals surface area contributed by atoms with E-state index in [1.54, 1.807) is 18.6 Å². The average Bonchev–Trinajstić information content (AvgIpc) is 2.96. The molecule has 0 saturated carbocycles. The number of benzene rings is 2. The molecule has 0 radical (unpaired) electrons. The number of rotatable bonds is 4. The van der Waals surface area contributed by atoms with Gasteiger partial charge in [0.1, 0.15) is 0 Å². The minimum absolute atomic E-state index is 0.121. The molecule has 0 spiro atoms. The van der Waals surface area contributed by atoms with E-state index in [1.165, 1.54) is 11.1 Å². The number of hydrogen-bond donors (Lipinski definition) is 2. The zero-order valence-electron chi connectivity index (χ0n) is 13.9. The summed E-state index contributed by atoms with van der Waals surface area (Å²) in [7, 11) is 0. The highest BCUT2D eigenvalue weighted by molar-refractivity contribution is 9.10. The van der Waals surface area contributed by atoms with Gasteiger partial charge in [0.25, 0.3) is 0 Å². The van der Waals surface area contributed by atoms with Gasteiger partial charge in [0.2, 0.25) is 0 Å². The molecule has 4 nitrogen and oxygen atoms in total. The van der Waals surface area contributed by atoms with Crippen LogP contribution >= 0.6 is 15.9 Å². The van der Waals surface area contributed by atoms with Crippen molar-refractivity contribution in [2.24, 2.45) is 4.99 Å². The van der Waals surface area contributed by atoms with Gasteiger partial charge in [-0.1, -0.05) is 34.1 Å². The largest absolute Gasteiger partial charge is 0.494 e. The molecule has 4 aromatic rings. The minimum atomic E-state index is 0.121. The number of aromatic hydroxyl groups is 1. The van der Waals surface area contributed by atoms with Crippen LogP contribution in [-0.4, -0.2) is 21.3 Å². The molecule has 0 unspecified atom stereocenters. The Morgan fingerprint density at radius 2 is 1.73 bits per heavy atom. The van der Waals surface area contributed by atoms with Gasteiger partial charge < -0.3 is 10.1 Å². The number of aromatic amines is 1. The van der Waals surface area contributed by atoms with E-state index in [0.29, 0.717) is 5.56 Å². The normalized spacial score (nSPS) is 11.4. The van der Waals surface area contributed by atoms with Gasteiger partial charge >= 0.3 is 0 Å². The van der Waals surface area contributed by atoms with Crippen molar-refractivity contribution in [1.29, 1.82) is 0 Å². The van der Waals surface area contributed by atoms with Gasteiger partial charge in [-0.25, -0.2) is 0 Å². The number of aliphatic imine (C=N–C) groups is 1. The van der Waals surface area contributed by atoms with Gasteiger partial charge in [0.05, 0.1) is 16.8 Å². The summed E-state index contributed by atoms with van der Waals surface area (Å²) in [6, 6.07) is 18.0. The second-order valence-electron chi connectivity index (χ2n) is 6.03. The highest BCUT2D eigenvalue weighted by Gasteiger charge is 2.08. The van der Waals surface area contributed by atoms with Crippen molar-refractivity contribution in [3.05, 3.63) is 88.2 Å². The molecule has 0 aliphatic rings. The molecule has 2 N–H and O–H groups in total. The van der Waals surface area contributed by atoms with Crippen LogP contribution in [0.3, 0.4) is 0 Å². The fourth-order valence-corrected chi connectivity index (χ4v) is 3.24. The molecule has 0 aliphatic heterocycles. The molecule has 0 aliphatic carbocycles. The molecule has 128 valence electrons. The zero-order valence-corrected chi connectivity index (χ0v) is 15.4. The number of hydrogen-bond acceptors (Lipinski definition) is 3. The van der Waals surface area contributed by atoms with Crippen molar-refractivity contribution < 1.29 is 5.11 Å². The van der Waals surface area contributed by atoms with E-state index in [-0.39, 0.29) is 5.88 Å². The molecule has 5 heteroatoms. The fraction of sp³-hybridized carbons (Fsp3) is 0.0476. The molecule has 0 amide bonds. The van der Waals surface area contributed by atoms with Gasteiger partial charge in [0.15, 0.2) is 5.88 Å². The first-order valence-electron chi connectivity index (χ1n) is 8.21. The molecule has 2 aromatic carbocycles. The number of pyridine rings is 1. The Hall–Kier alpha value is -2.92. The first-order chi connectivity index (χ1) is 12.7. The average molecular weight is 406 g/mol. The summed E-state index contributed by atoms with van der Waals surface area (Å²) in [5.74, 6) is 0.121. The van der Waals surface area contributed by atoms with Crippen LogP contribution in [0.15, 0.2) is 76.5 Å². The van der Waals surface area contributed by atoms with E-state index in [1.807, 2.05) is 42.5 Å². The van der Waals surface area contributed by atoms with E-state index in [4.69, 9.17) is 0 Å². The number of fused-ring (bicyclic) bond motifs is 1. The quantitative estimate of drug-likeness (QED) is 0.448. The highest BCUT2D eigenvalue weighted by atomic mass is 79.9. The summed E-state index contributed by atoms with van der Waals surface area (Å²) in [5.41, 5.74) is 4.84. The second kappa shape index (κ2) is 7.14. The lowest BCUT2D eigenvalue weighted by Gasteiger charge is -2.02. The highest BCUT2D eigenvalue weighted by Crippen LogP contribution is 2.28. The third-order valence-corrected chi connectivity index (χ3v) is 4.71. The molecule has 0 fully saturated rings. The Morgan fingerprint density at radius 3 is 2.50 bits per heavy atom. The summed E-state index contributed by atoms with van der Waals surface area (Å²) in [4.78, 5) is 11.5. The maximum absolute atomic E-state index is 10.1. The predicted octanol–water partition coefficient (Wildman–Crippen LogP) is 5.37. The Kier molecular flexibility index (Phi) is 4.54. The second-order valence-corrected chi connectivity index (χ2v) is 6.95. The van der Waals surface area contributed by atoms with Crippen LogP contribution in [0.1, 0.15) is 16.7 Å². The summed E-state index contributed by atoms with van der Waals surface area (Å²) in [6.07, 6.45) is 6.17. The third-order valence-electron chi connectivity index (χ3n) is 4.22. The first-order valence-corrected chi connectivity index (χ1v) is 9.00. The Bertz CT molecular complexity index is 1070. The van der Waals surface area contributed by atoms with Crippen molar-refractivity contribution in [3.8, 4) is 5.88 Å². The molecule has 2 heterocycles. The molecular weight excluding hydrogens is 390 g/mol. The van der Waals surface area contributed by atoms with Gasteiger partial charge in [-0.2, -0.15) is 0 Å². The Morgan fingerprint density at radius 1 is 1.00 bits per heavy atom. The van der Waals surface area contributed by atoms with Crippen LogP contribution in [0.5, 0.6) is 5.88 Å². The fourth-order valence-electron chi connectivity index (χ4n) is 2.88. The predicted molar refractivity (Wildman–Crippen MR) is 108 cm³/mol. The molecule has 2 aromatic heterocycles. The minimum Gasteiger partial charge on any atom is -0.494 e.